The van der Waals surface area contributed by atoms with Gasteiger partial charge in [-0.1, -0.05) is 12.8 Å². The smallest absolute Gasteiger partial charge is 0.405 e. The molecule has 0 saturated heterocycles. The van der Waals surface area contributed by atoms with Crippen LogP contribution < -0.4 is 5.73 Å². The van der Waals surface area contributed by atoms with E-state index in [0.29, 0.717) is 12.3 Å². The molecule has 82 valence electrons. The molecule has 0 aliphatic heterocycles. The van der Waals surface area contributed by atoms with Crippen LogP contribution in [-0.4, -0.2) is 11.5 Å². The highest BCUT2D eigenvalue weighted by molar-refractivity contribution is 5.25. The Labute approximate surface area is 87.4 Å². The van der Waals surface area contributed by atoms with Gasteiger partial charge in [0.2, 0.25) is 0 Å². The molecule has 5 nitrogen and oxygen atoms in total. The van der Waals surface area contributed by atoms with Crippen molar-refractivity contribution >= 4 is 5.88 Å². The van der Waals surface area contributed by atoms with Gasteiger partial charge in [0.15, 0.2) is 0 Å². The molecular formula is C10H14N2O3. The van der Waals surface area contributed by atoms with Gasteiger partial charge in [-0.15, -0.1) is 0 Å². The predicted octanol–water partition coefficient (Wildman–Crippen LogP) is 1.96. The van der Waals surface area contributed by atoms with E-state index < -0.39 is 4.92 Å². The first-order chi connectivity index (χ1) is 7.18. The first-order valence-electron chi connectivity index (χ1n) is 5.13. The SMILES string of the molecule is NCC1(c2ccc([N+](=O)[O-])o2)CCCC1. The Hall–Kier alpha value is -1.36. The molecule has 0 bridgehead atoms. The Morgan fingerprint density at radius 2 is 2.13 bits per heavy atom. The van der Waals surface area contributed by atoms with Gasteiger partial charge in [0.05, 0.1) is 6.07 Å². The Morgan fingerprint density at radius 3 is 2.60 bits per heavy atom. The van der Waals surface area contributed by atoms with Crippen molar-refractivity contribution in [2.24, 2.45) is 5.73 Å². The van der Waals surface area contributed by atoms with Gasteiger partial charge in [-0.05, 0) is 18.9 Å². The molecule has 1 aromatic rings. The van der Waals surface area contributed by atoms with Gasteiger partial charge in [-0.25, -0.2) is 0 Å². The van der Waals surface area contributed by atoms with Crippen LogP contribution in [0.25, 0.3) is 0 Å². The summed E-state index contributed by atoms with van der Waals surface area (Å²) in [6.45, 7) is 0.498. The number of nitrogens with two attached hydrogens (primary N) is 1. The lowest BCUT2D eigenvalue weighted by Gasteiger charge is -2.23. The molecule has 1 aliphatic carbocycles. The lowest BCUT2D eigenvalue weighted by molar-refractivity contribution is -0.402. The topological polar surface area (TPSA) is 82.3 Å². The fraction of sp³-hybridized carbons (Fsp3) is 0.600. The molecule has 2 N–H and O–H groups in total. The molecule has 1 aliphatic rings. The minimum absolute atomic E-state index is 0.158. The molecule has 1 saturated carbocycles. The quantitative estimate of drug-likeness (QED) is 0.610. The van der Waals surface area contributed by atoms with E-state index in [4.69, 9.17) is 10.2 Å². The first-order valence-corrected chi connectivity index (χ1v) is 5.13. The molecule has 1 fully saturated rings. The molecule has 0 aromatic carbocycles. The number of nitro groups is 1. The normalized spacial score (nSPS) is 19.3. The summed E-state index contributed by atoms with van der Waals surface area (Å²) in [5, 5.41) is 10.5. The summed E-state index contributed by atoms with van der Waals surface area (Å²) >= 11 is 0. The molecule has 0 unspecified atom stereocenters. The molecule has 15 heavy (non-hydrogen) atoms. The molecule has 1 heterocycles. The van der Waals surface area contributed by atoms with Crippen molar-refractivity contribution in [3.63, 3.8) is 0 Å². The Bertz CT molecular complexity index is 366. The summed E-state index contributed by atoms with van der Waals surface area (Å²) < 4.78 is 5.24. The number of hydrogen-bond donors (Lipinski definition) is 1. The second kappa shape index (κ2) is 3.66. The van der Waals surface area contributed by atoms with E-state index in [9.17, 15) is 10.1 Å². The lowest BCUT2D eigenvalue weighted by atomic mass is 9.84. The van der Waals surface area contributed by atoms with E-state index >= 15 is 0 Å². The van der Waals surface area contributed by atoms with Crippen molar-refractivity contribution in [2.45, 2.75) is 31.1 Å². The van der Waals surface area contributed by atoms with Crippen LogP contribution in [-0.2, 0) is 5.41 Å². The summed E-state index contributed by atoms with van der Waals surface area (Å²) in [5.74, 6) is 0.485. The molecular weight excluding hydrogens is 196 g/mol. The summed E-state index contributed by atoms with van der Waals surface area (Å²) in [6.07, 6.45) is 4.17. The maximum Gasteiger partial charge on any atom is 0.433 e. The number of furan rings is 1. The van der Waals surface area contributed by atoms with Gasteiger partial charge >= 0.3 is 5.88 Å². The lowest BCUT2D eigenvalue weighted by Crippen LogP contribution is -2.31. The Balaban J connectivity index is 2.30. The van der Waals surface area contributed by atoms with Gasteiger partial charge < -0.3 is 10.2 Å². The third-order valence-electron chi connectivity index (χ3n) is 3.25. The maximum atomic E-state index is 10.5. The third-order valence-corrected chi connectivity index (χ3v) is 3.25. The van der Waals surface area contributed by atoms with Crippen LogP contribution in [0.4, 0.5) is 5.88 Å². The summed E-state index contributed by atoms with van der Waals surface area (Å²) in [6, 6.07) is 3.10. The van der Waals surface area contributed by atoms with Crippen LogP contribution in [0.15, 0.2) is 16.5 Å². The Kier molecular flexibility index (Phi) is 2.48. The maximum absolute atomic E-state index is 10.5. The van der Waals surface area contributed by atoms with Crippen molar-refractivity contribution in [1.29, 1.82) is 0 Å². The number of rotatable bonds is 3. The Morgan fingerprint density at radius 1 is 1.47 bits per heavy atom. The molecule has 0 spiro atoms. The standard InChI is InChI=1S/C10H14N2O3/c11-7-10(5-1-2-6-10)8-3-4-9(15-8)12(13)14/h3-4H,1-2,5-7,11H2. The zero-order valence-corrected chi connectivity index (χ0v) is 8.44. The van der Waals surface area contributed by atoms with Crippen LogP contribution in [0.5, 0.6) is 0 Å². The first kappa shape index (κ1) is 10.2. The minimum Gasteiger partial charge on any atom is -0.405 e. The van der Waals surface area contributed by atoms with Gasteiger partial charge in [0, 0.05) is 12.0 Å². The molecule has 0 atom stereocenters. The average molecular weight is 210 g/mol. The predicted molar refractivity (Wildman–Crippen MR) is 54.6 cm³/mol. The zero-order valence-electron chi connectivity index (χ0n) is 8.44. The van der Waals surface area contributed by atoms with Crippen LogP contribution in [0.1, 0.15) is 31.4 Å². The zero-order chi connectivity index (χ0) is 10.9. The van der Waals surface area contributed by atoms with Gasteiger partial charge in [0.25, 0.3) is 0 Å². The highest BCUT2D eigenvalue weighted by Gasteiger charge is 2.38. The molecule has 0 amide bonds. The highest BCUT2D eigenvalue weighted by atomic mass is 16.6. The van der Waals surface area contributed by atoms with Crippen LogP contribution >= 0.6 is 0 Å². The van der Waals surface area contributed by atoms with E-state index in [1.54, 1.807) is 6.07 Å². The summed E-state index contributed by atoms with van der Waals surface area (Å²) in [4.78, 5) is 9.99. The largest absolute Gasteiger partial charge is 0.433 e. The van der Waals surface area contributed by atoms with Crippen molar-refractivity contribution in [1.82, 2.24) is 0 Å². The van der Waals surface area contributed by atoms with Crippen molar-refractivity contribution in [3.8, 4) is 0 Å². The fourth-order valence-corrected chi connectivity index (χ4v) is 2.31. The molecule has 1 aromatic heterocycles. The van der Waals surface area contributed by atoms with Crippen LogP contribution in [0.3, 0.4) is 0 Å². The second-order valence-electron chi connectivity index (χ2n) is 4.09. The molecule has 0 radical (unpaired) electrons. The van der Waals surface area contributed by atoms with E-state index in [2.05, 4.69) is 0 Å². The van der Waals surface area contributed by atoms with E-state index in [0.717, 1.165) is 25.7 Å². The fourth-order valence-electron chi connectivity index (χ4n) is 2.31. The molecule has 5 heteroatoms. The monoisotopic (exact) mass is 210 g/mol. The van der Waals surface area contributed by atoms with Crippen molar-refractivity contribution < 1.29 is 9.34 Å². The number of nitrogens with zero attached hydrogens (tertiary/aromatic N) is 1. The van der Waals surface area contributed by atoms with Crippen molar-refractivity contribution in [3.05, 3.63) is 28.0 Å². The number of hydrogen-bond acceptors (Lipinski definition) is 4. The van der Waals surface area contributed by atoms with Crippen LogP contribution in [0, 0.1) is 10.1 Å². The minimum atomic E-state index is -0.511. The summed E-state index contributed by atoms with van der Waals surface area (Å²) in [5.41, 5.74) is 5.60. The van der Waals surface area contributed by atoms with Crippen molar-refractivity contribution in [2.75, 3.05) is 6.54 Å². The van der Waals surface area contributed by atoms with E-state index in [1.807, 2.05) is 0 Å². The van der Waals surface area contributed by atoms with Gasteiger partial charge in [0.1, 0.15) is 10.7 Å². The van der Waals surface area contributed by atoms with Gasteiger partial charge in [-0.2, -0.15) is 0 Å². The van der Waals surface area contributed by atoms with Crippen LogP contribution in [0.2, 0.25) is 0 Å². The molecule has 2 rings (SSSR count). The second-order valence-corrected chi connectivity index (χ2v) is 4.09. The highest BCUT2D eigenvalue weighted by Crippen LogP contribution is 2.41. The van der Waals surface area contributed by atoms with Gasteiger partial charge in [-0.3, -0.25) is 10.1 Å². The van der Waals surface area contributed by atoms with E-state index in [1.165, 1.54) is 6.07 Å². The van der Waals surface area contributed by atoms with E-state index in [-0.39, 0.29) is 11.3 Å². The third kappa shape index (κ3) is 1.63. The summed E-state index contributed by atoms with van der Waals surface area (Å²) in [7, 11) is 0. The average Bonchev–Trinajstić information content (AvgIpc) is 2.87.